The fourth-order valence-corrected chi connectivity index (χ4v) is 2.74. The van der Waals surface area contributed by atoms with Gasteiger partial charge in [0.05, 0.1) is 16.8 Å². The first-order chi connectivity index (χ1) is 10.8. The van der Waals surface area contributed by atoms with Gasteiger partial charge in [0.15, 0.2) is 11.5 Å². The Morgan fingerprint density at radius 1 is 1.39 bits per heavy atom. The Morgan fingerprint density at radius 3 is 2.65 bits per heavy atom. The highest BCUT2D eigenvalue weighted by Crippen LogP contribution is 2.28. The van der Waals surface area contributed by atoms with Crippen LogP contribution in [-0.2, 0) is 11.2 Å². The maximum atomic E-state index is 14.1. The third-order valence-corrected chi connectivity index (χ3v) is 3.94. The van der Waals surface area contributed by atoms with E-state index in [2.05, 4.69) is 21.0 Å². The predicted molar refractivity (Wildman–Crippen MR) is 85.7 cm³/mol. The first kappa shape index (κ1) is 17.6. The Balaban J connectivity index is 2.62. The summed E-state index contributed by atoms with van der Waals surface area (Å²) in [6.07, 6.45) is 0.600. The minimum atomic E-state index is -0.804. The summed E-state index contributed by atoms with van der Waals surface area (Å²) >= 11 is 3.36. The third-order valence-electron chi connectivity index (χ3n) is 3.10. The lowest BCUT2D eigenvalue weighted by atomic mass is 10.1. The highest BCUT2D eigenvalue weighted by atomic mass is 79.9. The number of hydrogen-bond acceptors (Lipinski definition) is 3. The number of ether oxygens (including phenoxy) is 1. The van der Waals surface area contributed by atoms with Crippen LogP contribution in [0.15, 0.2) is 22.7 Å². The van der Waals surface area contributed by atoms with Gasteiger partial charge in [-0.2, -0.15) is 5.10 Å². The average Bonchev–Trinajstić information content (AvgIpc) is 2.75. The van der Waals surface area contributed by atoms with E-state index in [1.54, 1.807) is 6.92 Å². The van der Waals surface area contributed by atoms with Gasteiger partial charge in [0.2, 0.25) is 0 Å². The van der Waals surface area contributed by atoms with Crippen LogP contribution >= 0.6 is 15.9 Å². The van der Waals surface area contributed by atoms with E-state index in [0.717, 1.165) is 16.8 Å². The first-order valence-corrected chi connectivity index (χ1v) is 8.04. The number of esters is 1. The van der Waals surface area contributed by atoms with Crippen molar-refractivity contribution in [2.75, 3.05) is 6.61 Å². The van der Waals surface area contributed by atoms with E-state index in [9.17, 15) is 13.6 Å². The molecule has 7 heteroatoms. The van der Waals surface area contributed by atoms with Crippen molar-refractivity contribution in [2.24, 2.45) is 5.92 Å². The molecule has 0 fully saturated rings. The molecule has 0 bridgehead atoms. The van der Waals surface area contributed by atoms with Crippen molar-refractivity contribution in [1.29, 1.82) is 0 Å². The number of halogens is 3. The summed E-state index contributed by atoms with van der Waals surface area (Å²) in [6, 6.07) is 3.11. The first-order valence-electron chi connectivity index (χ1n) is 7.25. The normalized spacial score (nSPS) is 11.1. The molecule has 23 heavy (non-hydrogen) atoms. The minimum Gasteiger partial charge on any atom is -0.461 e. The molecule has 0 aliphatic heterocycles. The largest absolute Gasteiger partial charge is 0.461 e. The monoisotopic (exact) mass is 386 g/mol. The Morgan fingerprint density at radius 2 is 2.09 bits per heavy atom. The molecule has 0 radical (unpaired) electrons. The van der Waals surface area contributed by atoms with Gasteiger partial charge in [-0.3, -0.25) is 0 Å². The summed E-state index contributed by atoms with van der Waals surface area (Å²) in [5.74, 6) is -1.83. The lowest BCUT2D eigenvalue weighted by Gasteiger charge is -2.08. The second kappa shape index (κ2) is 7.21. The lowest BCUT2D eigenvalue weighted by Crippen LogP contribution is -2.13. The van der Waals surface area contributed by atoms with Gasteiger partial charge in [0.25, 0.3) is 0 Å². The van der Waals surface area contributed by atoms with Gasteiger partial charge >= 0.3 is 5.97 Å². The molecule has 4 nitrogen and oxygen atoms in total. The van der Waals surface area contributed by atoms with E-state index in [4.69, 9.17) is 4.74 Å². The third kappa shape index (κ3) is 3.77. The van der Waals surface area contributed by atoms with Crippen LogP contribution in [-0.4, -0.2) is 22.4 Å². The Labute approximate surface area is 141 Å². The number of nitrogens with zero attached hydrogens (tertiary/aromatic N) is 2. The van der Waals surface area contributed by atoms with Gasteiger partial charge in [-0.05, 0) is 47.3 Å². The van der Waals surface area contributed by atoms with Crippen molar-refractivity contribution in [3.8, 4) is 5.69 Å². The molecule has 0 atom stereocenters. The number of carbonyl (C=O) groups is 1. The molecule has 0 saturated heterocycles. The van der Waals surface area contributed by atoms with Crippen molar-refractivity contribution in [2.45, 2.75) is 27.2 Å². The van der Waals surface area contributed by atoms with Crippen LogP contribution in [0.5, 0.6) is 0 Å². The quantitative estimate of drug-likeness (QED) is 0.720. The van der Waals surface area contributed by atoms with Crippen molar-refractivity contribution in [1.82, 2.24) is 9.78 Å². The van der Waals surface area contributed by atoms with Gasteiger partial charge in [-0.15, -0.1) is 0 Å². The minimum absolute atomic E-state index is 0.00911. The SMILES string of the molecule is CCOC(=O)c1c(Br)c(CC(C)C)nn1-c1ccc(F)cc1F. The Kier molecular flexibility index (Phi) is 5.51. The summed E-state index contributed by atoms with van der Waals surface area (Å²) in [5.41, 5.74) is 0.699. The molecule has 0 spiro atoms. The molecule has 0 aliphatic rings. The van der Waals surface area contributed by atoms with Crippen LogP contribution < -0.4 is 0 Å². The number of benzene rings is 1. The van der Waals surface area contributed by atoms with Crippen LogP contribution in [0.4, 0.5) is 8.78 Å². The van der Waals surface area contributed by atoms with Crippen molar-refractivity contribution in [3.63, 3.8) is 0 Å². The topological polar surface area (TPSA) is 44.1 Å². The molecule has 124 valence electrons. The van der Waals surface area contributed by atoms with Crippen LogP contribution in [0.3, 0.4) is 0 Å². The maximum absolute atomic E-state index is 14.1. The van der Waals surface area contributed by atoms with E-state index in [1.807, 2.05) is 13.8 Å². The Bertz CT molecular complexity index is 729. The van der Waals surface area contributed by atoms with Gasteiger partial charge in [0.1, 0.15) is 11.5 Å². The maximum Gasteiger partial charge on any atom is 0.358 e. The zero-order valence-electron chi connectivity index (χ0n) is 13.1. The zero-order chi connectivity index (χ0) is 17.1. The van der Waals surface area contributed by atoms with Crippen LogP contribution in [0.2, 0.25) is 0 Å². The van der Waals surface area contributed by atoms with Crippen LogP contribution in [0.1, 0.15) is 37.0 Å². The summed E-state index contributed by atoms with van der Waals surface area (Å²) in [5, 5.41) is 4.32. The second-order valence-corrected chi connectivity index (χ2v) is 6.23. The van der Waals surface area contributed by atoms with E-state index in [1.165, 1.54) is 6.07 Å². The number of carbonyl (C=O) groups excluding carboxylic acids is 1. The van der Waals surface area contributed by atoms with E-state index < -0.39 is 17.6 Å². The molecule has 1 aromatic heterocycles. The summed E-state index contributed by atoms with van der Waals surface area (Å²) in [4.78, 5) is 12.2. The van der Waals surface area contributed by atoms with Crippen molar-refractivity contribution < 1.29 is 18.3 Å². The van der Waals surface area contributed by atoms with Crippen molar-refractivity contribution in [3.05, 3.63) is 45.7 Å². The molecule has 0 aliphatic carbocycles. The summed E-state index contributed by atoms with van der Waals surface area (Å²) < 4.78 is 33.9. The van der Waals surface area contributed by atoms with Crippen LogP contribution in [0.25, 0.3) is 5.69 Å². The smallest absolute Gasteiger partial charge is 0.358 e. The molecule has 2 aromatic rings. The van der Waals surface area contributed by atoms with Crippen molar-refractivity contribution >= 4 is 21.9 Å². The van der Waals surface area contributed by atoms with Gasteiger partial charge in [0, 0.05) is 6.07 Å². The molecule has 1 aromatic carbocycles. The summed E-state index contributed by atoms with van der Waals surface area (Å²) in [7, 11) is 0. The number of aromatic nitrogens is 2. The molecule has 2 rings (SSSR count). The molecule has 0 amide bonds. The molecule has 0 unspecified atom stereocenters. The fraction of sp³-hybridized carbons (Fsp3) is 0.375. The molecule has 0 N–H and O–H groups in total. The predicted octanol–water partition coefficient (Wildman–Crippen LogP) is 4.29. The standard InChI is InChI=1S/C16H17BrF2N2O2/c1-4-23-16(22)15-14(17)12(7-9(2)3)20-21(15)13-6-5-10(18)8-11(13)19/h5-6,8-9H,4,7H2,1-3H3. The average molecular weight is 387 g/mol. The molecular weight excluding hydrogens is 370 g/mol. The highest BCUT2D eigenvalue weighted by Gasteiger charge is 2.25. The molecule has 1 heterocycles. The van der Waals surface area contributed by atoms with Gasteiger partial charge in [-0.1, -0.05) is 13.8 Å². The Hall–Kier alpha value is -1.76. The molecule has 0 saturated carbocycles. The fourth-order valence-electron chi connectivity index (χ4n) is 2.16. The van der Waals surface area contributed by atoms with Gasteiger partial charge in [-0.25, -0.2) is 18.3 Å². The van der Waals surface area contributed by atoms with E-state index in [0.29, 0.717) is 22.5 Å². The zero-order valence-corrected chi connectivity index (χ0v) is 14.7. The van der Waals surface area contributed by atoms with E-state index >= 15 is 0 Å². The van der Waals surface area contributed by atoms with E-state index in [-0.39, 0.29) is 18.0 Å². The number of hydrogen-bond donors (Lipinski definition) is 0. The van der Waals surface area contributed by atoms with Crippen LogP contribution in [0, 0.1) is 17.6 Å². The molecular formula is C16H17BrF2N2O2. The lowest BCUT2D eigenvalue weighted by molar-refractivity contribution is 0.0514. The second-order valence-electron chi connectivity index (χ2n) is 5.44. The summed E-state index contributed by atoms with van der Waals surface area (Å²) in [6.45, 7) is 5.88. The van der Waals surface area contributed by atoms with Gasteiger partial charge < -0.3 is 4.74 Å². The highest BCUT2D eigenvalue weighted by molar-refractivity contribution is 9.10. The number of rotatable bonds is 5.